The molecule has 1 saturated heterocycles. The van der Waals surface area contributed by atoms with Crippen molar-refractivity contribution in [3.63, 3.8) is 0 Å². The van der Waals surface area contributed by atoms with Crippen molar-refractivity contribution in [3.05, 3.63) is 29.8 Å². The highest BCUT2D eigenvalue weighted by atomic mass is 16.5. The fourth-order valence-electron chi connectivity index (χ4n) is 2.52. The largest absolute Gasteiger partial charge is 0.484 e. The second-order valence-electron chi connectivity index (χ2n) is 5.36. The summed E-state index contributed by atoms with van der Waals surface area (Å²) in [6.45, 7) is 3.06. The molecule has 1 fully saturated rings. The molecule has 1 aromatic rings. The number of carbonyl (C=O) groups excluding carboxylic acids is 2. The Bertz CT molecular complexity index is 592. The third-order valence-corrected chi connectivity index (χ3v) is 3.74. The molecule has 0 aliphatic carbocycles. The minimum absolute atomic E-state index is 0.0819. The monoisotopic (exact) mass is 316 g/mol. The molecule has 1 aliphatic rings. The van der Waals surface area contributed by atoms with Crippen molar-refractivity contribution in [3.8, 4) is 11.8 Å². The van der Waals surface area contributed by atoms with E-state index in [1.165, 1.54) is 0 Å². The second-order valence-corrected chi connectivity index (χ2v) is 5.36. The van der Waals surface area contributed by atoms with E-state index in [0.29, 0.717) is 31.0 Å². The minimum atomic E-state index is -0.248. The number of amides is 1. The maximum absolute atomic E-state index is 12.2. The molecular weight excluding hydrogens is 296 g/mol. The van der Waals surface area contributed by atoms with Gasteiger partial charge < -0.3 is 14.4 Å². The molecule has 0 N–H and O–H groups in total. The third kappa shape index (κ3) is 4.71. The van der Waals surface area contributed by atoms with Crippen molar-refractivity contribution in [1.29, 1.82) is 5.26 Å². The number of hydrogen-bond acceptors (Lipinski definition) is 5. The highest BCUT2D eigenvalue weighted by Gasteiger charge is 2.29. The maximum atomic E-state index is 12.2. The number of rotatable bonds is 5. The lowest BCUT2D eigenvalue weighted by atomic mass is 9.98. The Hall–Kier alpha value is -2.55. The van der Waals surface area contributed by atoms with Crippen LogP contribution in [0.2, 0.25) is 0 Å². The van der Waals surface area contributed by atoms with Gasteiger partial charge in [0, 0.05) is 13.1 Å². The lowest BCUT2D eigenvalue weighted by molar-refractivity contribution is -0.151. The summed E-state index contributed by atoms with van der Waals surface area (Å²) >= 11 is 0. The maximum Gasteiger partial charge on any atom is 0.310 e. The Morgan fingerprint density at radius 1 is 1.35 bits per heavy atom. The van der Waals surface area contributed by atoms with Crippen LogP contribution in [0.1, 0.15) is 25.3 Å². The van der Waals surface area contributed by atoms with Crippen molar-refractivity contribution >= 4 is 11.9 Å². The predicted octanol–water partition coefficient (Wildman–Crippen LogP) is 1.74. The van der Waals surface area contributed by atoms with Crippen LogP contribution < -0.4 is 4.74 Å². The molecule has 0 saturated carbocycles. The summed E-state index contributed by atoms with van der Waals surface area (Å²) in [7, 11) is 0. The molecule has 6 nitrogen and oxygen atoms in total. The zero-order valence-electron chi connectivity index (χ0n) is 13.2. The van der Waals surface area contributed by atoms with Crippen LogP contribution in [0.4, 0.5) is 0 Å². The summed E-state index contributed by atoms with van der Waals surface area (Å²) in [5, 5.41) is 8.74. The number of likely N-dealkylation sites (tertiary alicyclic amines) is 1. The number of ether oxygens (including phenoxy) is 2. The van der Waals surface area contributed by atoms with E-state index in [1.54, 1.807) is 36.1 Å². The van der Waals surface area contributed by atoms with Crippen LogP contribution in [0.15, 0.2) is 24.3 Å². The average molecular weight is 316 g/mol. The molecule has 0 spiro atoms. The van der Waals surface area contributed by atoms with Gasteiger partial charge in [-0.2, -0.15) is 5.26 Å². The first-order valence-corrected chi connectivity index (χ1v) is 7.71. The Morgan fingerprint density at radius 2 is 2.09 bits per heavy atom. The number of benzene rings is 1. The van der Waals surface area contributed by atoms with Crippen LogP contribution in [0.3, 0.4) is 0 Å². The topological polar surface area (TPSA) is 79.6 Å². The van der Waals surface area contributed by atoms with E-state index < -0.39 is 0 Å². The predicted molar refractivity (Wildman–Crippen MR) is 82.6 cm³/mol. The smallest absolute Gasteiger partial charge is 0.310 e. The average Bonchev–Trinajstić information content (AvgIpc) is 2.60. The van der Waals surface area contributed by atoms with Crippen molar-refractivity contribution in [2.75, 3.05) is 26.3 Å². The molecule has 1 aliphatic heterocycles. The molecule has 1 amide bonds. The van der Waals surface area contributed by atoms with Gasteiger partial charge in [0.05, 0.1) is 24.2 Å². The Kier molecular flexibility index (Phi) is 5.98. The Labute approximate surface area is 135 Å². The van der Waals surface area contributed by atoms with E-state index >= 15 is 0 Å². The Morgan fingerprint density at radius 3 is 2.74 bits per heavy atom. The first-order chi connectivity index (χ1) is 11.1. The van der Waals surface area contributed by atoms with Gasteiger partial charge in [-0.1, -0.05) is 0 Å². The van der Waals surface area contributed by atoms with Crippen molar-refractivity contribution < 1.29 is 19.1 Å². The molecule has 23 heavy (non-hydrogen) atoms. The molecule has 0 aromatic heterocycles. The fourth-order valence-corrected chi connectivity index (χ4v) is 2.52. The fraction of sp³-hybridized carbons (Fsp3) is 0.471. The van der Waals surface area contributed by atoms with Crippen LogP contribution in [-0.4, -0.2) is 43.1 Å². The van der Waals surface area contributed by atoms with E-state index in [4.69, 9.17) is 14.7 Å². The molecule has 1 heterocycles. The van der Waals surface area contributed by atoms with Gasteiger partial charge in [0.1, 0.15) is 5.75 Å². The van der Waals surface area contributed by atoms with Gasteiger partial charge in [-0.3, -0.25) is 9.59 Å². The van der Waals surface area contributed by atoms with E-state index in [-0.39, 0.29) is 24.4 Å². The molecule has 1 unspecified atom stereocenters. The van der Waals surface area contributed by atoms with Gasteiger partial charge >= 0.3 is 5.97 Å². The van der Waals surface area contributed by atoms with E-state index in [0.717, 1.165) is 12.8 Å². The van der Waals surface area contributed by atoms with Gasteiger partial charge in [-0.05, 0) is 44.0 Å². The second kappa shape index (κ2) is 8.18. The van der Waals surface area contributed by atoms with Crippen LogP contribution in [0.5, 0.6) is 5.75 Å². The van der Waals surface area contributed by atoms with Gasteiger partial charge in [-0.15, -0.1) is 0 Å². The van der Waals surface area contributed by atoms with Crippen LogP contribution in [0, 0.1) is 17.2 Å². The number of nitrogens with zero attached hydrogens (tertiary/aromatic N) is 2. The van der Waals surface area contributed by atoms with Gasteiger partial charge in [0.25, 0.3) is 5.91 Å². The molecule has 2 rings (SSSR count). The van der Waals surface area contributed by atoms with Gasteiger partial charge in [-0.25, -0.2) is 0 Å². The van der Waals surface area contributed by atoms with Crippen LogP contribution in [-0.2, 0) is 14.3 Å². The van der Waals surface area contributed by atoms with Gasteiger partial charge in [0.15, 0.2) is 6.61 Å². The molecule has 6 heteroatoms. The van der Waals surface area contributed by atoms with Crippen LogP contribution in [0.25, 0.3) is 0 Å². The van der Waals surface area contributed by atoms with E-state index in [1.807, 2.05) is 6.07 Å². The molecular formula is C17H20N2O4. The highest BCUT2D eigenvalue weighted by molar-refractivity contribution is 5.79. The first kappa shape index (κ1) is 16.8. The number of carbonyl (C=O) groups is 2. The summed E-state index contributed by atoms with van der Waals surface area (Å²) in [6, 6.07) is 8.61. The summed E-state index contributed by atoms with van der Waals surface area (Å²) in [5.41, 5.74) is 0.539. The zero-order valence-corrected chi connectivity index (χ0v) is 13.2. The normalized spacial score (nSPS) is 17.2. The molecule has 1 atom stereocenters. The minimum Gasteiger partial charge on any atom is -0.484 e. The molecule has 0 radical (unpaired) electrons. The van der Waals surface area contributed by atoms with E-state index in [9.17, 15) is 9.59 Å². The summed E-state index contributed by atoms with van der Waals surface area (Å²) < 4.78 is 10.5. The lowest BCUT2D eigenvalue weighted by Crippen LogP contribution is -2.44. The molecule has 1 aromatic carbocycles. The van der Waals surface area contributed by atoms with Crippen molar-refractivity contribution in [2.45, 2.75) is 19.8 Å². The van der Waals surface area contributed by atoms with Crippen molar-refractivity contribution in [1.82, 2.24) is 4.90 Å². The standard InChI is InChI=1S/C17H20N2O4/c1-2-22-17(21)14-4-3-9-19(11-14)16(20)12-23-15-7-5-13(10-18)6-8-15/h5-8,14H,2-4,9,11-12H2,1H3. The first-order valence-electron chi connectivity index (χ1n) is 7.71. The van der Waals surface area contributed by atoms with Crippen LogP contribution >= 0.6 is 0 Å². The zero-order chi connectivity index (χ0) is 16.7. The van der Waals surface area contributed by atoms with Gasteiger partial charge in [0.2, 0.25) is 0 Å². The summed E-state index contributed by atoms with van der Waals surface area (Å²) in [6.07, 6.45) is 1.53. The third-order valence-electron chi connectivity index (χ3n) is 3.74. The number of piperidine rings is 1. The molecule has 0 bridgehead atoms. The highest BCUT2D eigenvalue weighted by Crippen LogP contribution is 2.18. The Balaban J connectivity index is 1.84. The quantitative estimate of drug-likeness (QED) is 0.773. The summed E-state index contributed by atoms with van der Waals surface area (Å²) in [4.78, 5) is 25.7. The SMILES string of the molecule is CCOC(=O)C1CCCN(C(=O)COc2ccc(C#N)cc2)C1. The number of esters is 1. The molecule has 122 valence electrons. The lowest BCUT2D eigenvalue weighted by Gasteiger charge is -2.31. The number of hydrogen-bond donors (Lipinski definition) is 0. The number of nitriles is 1. The summed E-state index contributed by atoms with van der Waals surface area (Å²) in [5.74, 6) is -0.0970. The van der Waals surface area contributed by atoms with E-state index in [2.05, 4.69) is 0 Å². The van der Waals surface area contributed by atoms with Crippen molar-refractivity contribution in [2.24, 2.45) is 5.92 Å².